The highest BCUT2D eigenvalue weighted by atomic mass is 32.2. The summed E-state index contributed by atoms with van der Waals surface area (Å²) in [6, 6.07) is 14.1. The first-order chi connectivity index (χ1) is 10.1. The van der Waals surface area contributed by atoms with Crippen LogP contribution in [0.1, 0.15) is 16.7 Å². The van der Waals surface area contributed by atoms with Crippen LogP contribution in [0.5, 0.6) is 5.75 Å². The highest BCUT2D eigenvalue weighted by Crippen LogP contribution is 2.26. The minimum atomic E-state index is 0.0500. The number of amidine groups is 1. The predicted octanol–water partition coefficient (Wildman–Crippen LogP) is 3.39. The van der Waals surface area contributed by atoms with E-state index in [-0.39, 0.29) is 5.84 Å². The molecular formula is C16H18N2O2S. The Hall–Kier alpha value is -2.14. The number of benzene rings is 2. The Morgan fingerprint density at radius 1 is 1.24 bits per heavy atom. The summed E-state index contributed by atoms with van der Waals surface area (Å²) in [5.41, 5.74) is 8.61. The van der Waals surface area contributed by atoms with E-state index in [0.29, 0.717) is 11.3 Å². The van der Waals surface area contributed by atoms with Gasteiger partial charge in [0.1, 0.15) is 5.75 Å². The molecule has 2 aromatic carbocycles. The molecule has 0 aliphatic heterocycles. The topological polar surface area (TPSA) is 67.8 Å². The van der Waals surface area contributed by atoms with Crippen LogP contribution in [0.2, 0.25) is 0 Å². The van der Waals surface area contributed by atoms with Crippen molar-refractivity contribution >= 4 is 17.6 Å². The maximum absolute atomic E-state index is 8.84. The lowest BCUT2D eigenvalue weighted by molar-refractivity contribution is 0.318. The van der Waals surface area contributed by atoms with Crippen molar-refractivity contribution in [3.05, 3.63) is 59.2 Å². The molecule has 0 bridgehead atoms. The van der Waals surface area contributed by atoms with Crippen LogP contribution in [0.25, 0.3) is 0 Å². The van der Waals surface area contributed by atoms with E-state index in [1.54, 1.807) is 18.9 Å². The smallest absolute Gasteiger partial charge is 0.173 e. The number of nitrogens with zero attached hydrogens (tertiary/aromatic N) is 1. The van der Waals surface area contributed by atoms with Crippen LogP contribution >= 0.6 is 11.8 Å². The number of nitrogens with two attached hydrogens (primary N) is 1. The summed E-state index contributed by atoms with van der Waals surface area (Å²) in [5, 5.41) is 11.9. The van der Waals surface area contributed by atoms with Crippen molar-refractivity contribution in [3.8, 4) is 5.75 Å². The number of thioether (sulfide) groups is 1. The van der Waals surface area contributed by atoms with E-state index in [0.717, 1.165) is 11.3 Å². The van der Waals surface area contributed by atoms with Crippen LogP contribution in [0.3, 0.4) is 0 Å². The molecule has 4 nitrogen and oxygen atoms in total. The Kier molecular flexibility index (Phi) is 5.11. The first kappa shape index (κ1) is 15.3. The molecule has 0 fully saturated rings. The molecule has 2 rings (SSSR count). The third-order valence-corrected chi connectivity index (χ3v) is 4.16. The SMILES string of the molecule is COc1ccc(CSc2ccc(C)cc2)cc1C(N)=NO. The Morgan fingerprint density at radius 3 is 2.57 bits per heavy atom. The summed E-state index contributed by atoms with van der Waals surface area (Å²) in [6.45, 7) is 2.07. The Morgan fingerprint density at radius 2 is 1.95 bits per heavy atom. The largest absolute Gasteiger partial charge is 0.496 e. The predicted molar refractivity (Wildman–Crippen MR) is 86.2 cm³/mol. The number of hydrogen-bond donors (Lipinski definition) is 2. The third-order valence-electron chi connectivity index (χ3n) is 3.07. The van der Waals surface area contributed by atoms with Gasteiger partial charge in [0.25, 0.3) is 0 Å². The van der Waals surface area contributed by atoms with Gasteiger partial charge in [-0.3, -0.25) is 0 Å². The number of methoxy groups -OCH3 is 1. The van der Waals surface area contributed by atoms with Gasteiger partial charge in [-0.15, -0.1) is 11.8 Å². The van der Waals surface area contributed by atoms with Gasteiger partial charge >= 0.3 is 0 Å². The number of hydrogen-bond acceptors (Lipinski definition) is 4. The van der Waals surface area contributed by atoms with Gasteiger partial charge in [0, 0.05) is 10.6 Å². The molecule has 0 saturated heterocycles. The van der Waals surface area contributed by atoms with Crippen molar-refractivity contribution in [1.82, 2.24) is 0 Å². The van der Waals surface area contributed by atoms with Crippen LogP contribution < -0.4 is 10.5 Å². The minimum absolute atomic E-state index is 0.0500. The van der Waals surface area contributed by atoms with Crippen LogP contribution in [0.15, 0.2) is 52.5 Å². The normalized spacial score (nSPS) is 11.4. The average molecular weight is 302 g/mol. The molecule has 0 saturated carbocycles. The fraction of sp³-hybridized carbons (Fsp3) is 0.188. The molecule has 0 unspecified atom stereocenters. The lowest BCUT2D eigenvalue weighted by Crippen LogP contribution is -2.14. The second kappa shape index (κ2) is 7.04. The standard InChI is InChI=1S/C16H18N2O2S/c1-11-3-6-13(7-4-11)21-10-12-5-8-15(20-2)14(9-12)16(17)18-19/h3-9,19H,10H2,1-2H3,(H2,17,18). The zero-order chi connectivity index (χ0) is 15.2. The van der Waals surface area contributed by atoms with E-state index in [1.165, 1.54) is 10.5 Å². The van der Waals surface area contributed by atoms with Crippen LogP contribution in [0.4, 0.5) is 0 Å². The Balaban J connectivity index is 2.15. The van der Waals surface area contributed by atoms with Crippen molar-refractivity contribution in [3.63, 3.8) is 0 Å². The van der Waals surface area contributed by atoms with Gasteiger partial charge in [-0.25, -0.2) is 0 Å². The fourth-order valence-corrected chi connectivity index (χ4v) is 2.74. The fourth-order valence-electron chi connectivity index (χ4n) is 1.90. The molecule has 0 amide bonds. The summed E-state index contributed by atoms with van der Waals surface area (Å²) in [5.74, 6) is 1.45. The van der Waals surface area contributed by atoms with Gasteiger partial charge < -0.3 is 15.7 Å². The number of rotatable bonds is 5. The second-order valence-electron chi connectivity index (χ2n) is 4.62. The highest BCUT2D eigenvalue weighted by Gasteiger charge is 2.09. The molecule has 0 spiro atoms. The monoisotopic (exact) mass is 302 g/mol. The lowest BCUT2D eigenvalue weighted by atomic mass is 10.1. The van der Waals surface area contributed by atoms with Crippen molar-refractivity contribution in [2.75, 3.05) is 7.11 Å². The average Bonchev–Trinajstić information content (AvgIpc) is 2.53. The molecule has 21 heavy (non-hydrogen) atoms. The second-order valence-corrected chi connectivity index (χ2v) is 5.67. The Labute approximate surface area is 128 Å². The van der Waals surface area contributed by atoms with Gasteiger partial charge in [0.2, 0.25) is 0 Å². The summed E-state index contributed by atoms with van der Waals surface area (Å²) in [6.07, 6.45) is 0. The zero-order valence-electron chi connectivity index (χ0n) is 12.0. The molecule has 0 atom stereocenters. The molecule has 0 aliphatic rings. The molecule has 110 valence electrons. The number of aryl methyl sites for hydroxylation is 1. The van der Waals surface area contributed by atoms with Crippen LogP contribution in [-0.2, 0) is 5.75 Å². The van der Waals surface area contributed by atoms with Gasteiger partial charge in [0.15, 0.2) is 5.84 Å². The zero-order valence-corrected chi connectivity index (χ0v) is 12.9. The van der Waals surface area contributed by atoms with E-state index < -0.39 is 0 Å². The molecule has 0 radical (unpaired) electrons. The highest BCUT2D eigenvalue weighted by molar-refractivity contribution is 7.98. The van der Waals surface area contributed by atoms with Crippen molar-refractivity contribution in [1.29, 1.82) is 0 Å². The van der Waals surface area contributed by atoms with Crippen molar-refractivity contribution < 1.29 is 9.94 Å². The molecular weight excluding hydrogens is 284 g/mol. The van der Waals surface area contributed by atoms with E-state index >= 15 is 0 Å². The molecule has 2 aromatic rings. The van der Waals surface area contributed by atoms with Crippen LogP contribution in [0, 0.1) is 6.92 Å². The summed E-state index contributed by atoms with van der Waals surface area (Å²) in [7, 11) is 1.56. The quantitative estimate of drug-likeness (QED) is 0.292. The third kappa shape index (κ3) is 3.92. The first-order valence-electron chi connectivity index (χ1n) is 6.48. The number of ether oxygens (including phenoxy) is 1. The Bertz CT molecular complexity index is 639. The molecule has 3 N–H and O–H groups in total. The van der Waals surface area contributed by atoms with E-state index in [4.69, 9.17) is 15.7 Å². The van der Waals surface area contributed by atoms with Gasteiger partial charge in [0.05, 0.1) is 12.7 Å². The van der Waals surface area contributed by atoms with E-state index in [2.05, 4.69) is 36.3 Å². The number of oxime groups is 1. The molecule has 0 aromatic heterocycles. The first-order valence-corrected chi connectivity index (χ1v) is 7.47. The molecule has 0 aliphatic carbocycles. The van der Waals surface area contributed by atoms with Gasteiger partial charge in [-0.05, 0) is 36.8 Å². The summed E-state index contributed by atoms with van der Waals surface area (Å²) in [4.78, 5) is 1.21. The van der Waals surface area contributed by atoms with Gasteiger partial charge in [-0.2, -0.15) is 0 Å². The van der Waals surface area contributed by atoms with Crippen LogP contribution in [-0.4, -0.2) is 18.2 Å². The maximum atomic E-state index is 8.84. The van der Waals surface area contributed by atoms with Crippen molar-refractivity contribution in [2.45, 2.75) is 17.6 Å². The summed E-state index contributed by atoms with van der Waals surface area (Å²) < 4.78 is 5.22. The van der Waals surface area contributed by atoms with E-state index in [9.17, 15) is 0 Å². The van der Waals surface area contributed by atoms with E-state index in [1.807, 2.05) is 18.2 Å². The van der Waals surface area contributed by atoms with Gasteiger partial charge in [-0.1, -0.05) is 28.9 Å². The molecule has 0 heterocycles. The minimum Gasteiger partial charge on any atom is -0.496 e. The lowest BCUT2D eigenvalue weighted by Gasteiger charge is -2.09. The molecule has 5 heteroatoms. The summed E-state index contributed by atoms with van der Waals surface area (Å²) >= 11 is 1.74. The maximum Gasteiger partial charge on any atom is 0.173 e. The van der Waals surface area contributed by atoms with Crippen molar-refractivity contribution in [2.24, 2.45) is 10.9 Å².